The van der Waals surface area contributed by atoms with Crippen molar-refractivity contribution in [2.45, 2.75) is 64.0 Å². The third-order valence-electron chi connectivity index (χ3n) is 7.79. The molecule has 150 valence electrons. The minimum Gasteiger partial charge on any atom is -0.361 e. The Kier molecular flexibility index (Phi) is 4.30. The van der Waals surface area contributed by atoms with Gasteiger partial charge in [0.25, 0.3) is 0 Å². The molecule has 1 aromatic heterocycles. The summed E-state index contributed by atoms with van der Waals surface area (Å²) in [4.78, 5) is 6.31. The smallest absolute Gasteiger partial charge is 0.0487 e. The fourth-order valence-electron chi connectivity index (χ4n) is 5.88. The van der Waals surface area contributed by atoms with Crippen molar-refractivity contribution in [2.75, 3.05) is 6.54 Å². The van der Waals surface area contributed by atoms with Gasteiger partial charge in [0, 0.05) is 29.7 Å². The molecule has 1 N–H and O–H groups in total. The minimum absolute atomic E-state index is 0.567. The molecular formula is C27H32N2. The van der Waals surface area contributed by atoms with E-state index in [1.165, 1.54) is 67.1 Å². The highest BCUT2D eigenvalue weighted by Gasteiger charge is 2.38. The second-order valence-corrected chi connectivity index (χ2v) is 9.82. The lowest BCUT2D eigenvalue weighted by molar-refractivity contribution is 0.0959. The third-order valence-corrected chi connectivity index (χ3v) is 7.79. The Balaban J connectivity index is 1.37. The van der Waals surface area contributed by atoms with E-state index in [0.717, 1.165) is 24.3 Å². The van der Waals surface area contributed by atoms with Gasteiger partial charge in [-0.15, -0.1) is 0 Å². The molecule has 2 aromatic carbocycles. The lowest BCUT2D eigenvalue weighted by Gasteiger charge is -2.40. The van der Waals surface area contributed by atoms with Gasteiger partial charge >= 0.3 is 0 Å². The van der Waals surface area contributed by atoms with Crippen LogP contribution in [-0.2, 0) is 6.54 Å². The standard InChI is InChI=1S/C27H32N2/c1-18-15-24(20-9-10-20)25(23-11-13-28-27(18)23)17-29-14-12-22(19-7-8-19)16-26(29)21-5-3-2-4-6-21/h2-6,11,13,15,19-20,22,26,28H,7-10,12,14,16-17H2,1H3/t22-,26+/m1/s1. The van der Waals surface area contributed by atoms with Crippen molar-refractivity contribution < 1.29 is 0 Å². The maximum absolute atomic E-state index is 3.51. The summed E-state index contributed by atoms with van der Waals surface area (Å²) in [6, 6.07) is 16.7. The molecule has 3 aliphatic rings. The van der Waals surface area contributed by atoms with Crippen LogP contribution in [0.1, 0.15) is 72.7 Å². The van der Waals surface area contributed by atoms with Crippen molar-refractivity contribution in [3.63, 3.8) is 0 Å². The van der Waals surface area contributed by atoms with Gasteiger partial charge in [-0.25, -0.2) is 0 Å². The molecule has 2 aliphatic carbocycles. The average Bonchev–Trinajstić information content (AvgIpc) is 3.69. The van der Waals surface area contributed by atoms with Crippen LogP contribution < -0.4 is 0 Å². The van der Waals surface area contributed by atoms with E-state index < -0.39 is 0 Å². The summed E-state index contributed by atoms with van der Waals surface area (Å²) < 4.78 is 0. The highest BCUT2D eigenvalue weighted by molar-refractivity contribution is 5.87. The van der Waals surface area contributed by atoms with Gasteiger partial charge < -0.3 is 4.98 Å². The Morgan fingerprint density at radius 3 is 2.55 bits per heavy atom. The number of aromatic nitrogens is 1. The van der Waals surface area contributed by atoms with Crippen LogP contribution in [-0.4, -0.2) is 16.4 Å². The average molecular weight is 385 g/mol. The number of nitrogens with zero attached hydrogens (tertiary/aromatic N) is 1. The normalized spacial score (nSPS) is 25.6. The van der Waals surface area contributed by atoms with E-state index in [9.17, 15) is 0 Å². The quantitative estimate of drug-likeness (QED) is 0.517. The summed E-state index contributed by atoms with van der Waals surface area (Å²) in [5, 5.41) is 1.46. The van der Waals surface area contributed by atoms with Gasteiger partial charge in [0.15, 0.2) is 0 Å². The molecule has 2 nitrogen and oxygen atoms in total. The van der Waals surface area contributed by atoms with E-state index in [-0.39, 0.29) is 0 Å². The van der Waals surface area contributed by atoms with Crippen LogP contribution in [0, 0.1) is 18.8 Å². The minimum atomic E-state index is 0.567. The van der Waals surface area contributed by atoms with Crippen molar-refractivity contribution in [1.29, 1.82) is 0 Å². The van der Waals surface area contributed by atoms with Crippen LogP contribution in [0.2, 0.25) is 0 Å². The first-order valence-corrected chi connectivity index (χ1v) is 11.7. The molecule has 2 heterocycles. The molecule has 0 bridgehead atoms. The molecule has 2 saturated carbocycles. The van der Waals surface area contributed by atoms with Gasteiger partial charge in [0.1, 0.15) is 0 Å². The first kappa shape index (κ1) is 17.8. The zero-order chi connectivity index (χ0) is 19.4. The molecule has 1 saturated heterocycles. The summed E-state index contributed by atoms with van der Waals surface area (Å²) in [7, 11) is 0. The molecule has 3 aromatic rings. The Morgan fingerprint density at radius 1 is 0.966 bits per heavy atom. The molecule has 6 rings (SSSR count). The Morgan fingerprint density at radius 2 is 1.79 bits per heavy atom. The number of hydrogen-bond donors (Lipinski definition) is 1. The number of benzene rings is 2. The Hall–Kier alpha value is -2.06. The number of fused-ring (bicyclic) bond motifs is 1. The van der Waals surface area contributed by atoms with E-state index in [1.54, 1.807) is 11.1 Å². The van der Waals surface area contributed by atoms with E-state index in [2.05, 4.69) is 65.5 Å². The van der Waals surface area contributed by atoms with E-state index in [0.29, 0.717) is 6.04 Å². The summed E-state index contributed by atoms with van der Waals surface area (Å²) >= 11 is 0. The highest BCUT2D eigenvalue weighted by Crippen LogP contribution is 2.48. The summed E-state index contributed by atoms with van der Waals surface area (Å²) in [6.07, 6.45) is 10.5. The lowest BCUT2D eigenvalue weighted by atomic mass is 9.83. The second-order valence-electron chi connectivity index (χ2n) is 9.82. The van der Waals surface area contributed by atoms with Crippen molar-refractivity contribution in [1.82, 2.24) is 9.88 Å². The van der Waals surface area contributed by atoms with Crippen LogP contribution in [0.15, 0.2) is 48.7 Å². The van der Waals surface area contributed by atoms with Crippen LogP contribution >= 0.6 is 0 Å². The number of aromatic amines is 1. The summed E-state index contributed by atoms with van der Waals surface area (Å²) in [5.41, 5.74) is 7.49. The number of H-pyrrole nitrogens is 1. The topological polar surface area (TPSA) is 19.0 Å². The van der Waals surface area contributed by atoms with E-state index >= 15 is 0 Å². The predicted molar refractivity (Wildman–Crippen MR) is 120 cm³/mol. The predicted octanol–water partition coefficient (Wildman–Crippen LogP) is 6.72. The highest BCUT2D eigenvalue weighted by atomic mass is 15.2. The molecule has 0 amide bonds. The monoisotopic (exact) mass is 384 g/mol. The van der Waals surface area contributed by atoms with Crippen molar-refractivity contribution in [3.8, 4) is 0 Å². The molecule has 0 unspecified atom stereocenters. The summed E-state index contributed by atoms with van der Waals surface area (Å²) in [6.45, 7) is 4.60. The molecule has 2 atom stereocenters. The zero-order valence-corrected chi connectivity index (χ0v) is 17.5. The zero-order valence-electron chi connectivity index (χ0n) is 17.5. The number of aryl methyl sites for hydroxylation is 1. The maximum atomic E-state index is 3.51. The van der Waals surface area contributed by atoms with Crippen molar-refractivity contribution in [2.24, 2.45) is 11.8 Å². The van der Waals surface area contributed by atoms with Gasteiger partial charge in [-0.05, 0) is 98.1 Å². The van der Waals surface area contributed by atoms with Gasteiger partial charge in [-0.2, -0.15) is 0 Å². The number of likely N-dealkylation sites (tertiary alicyclic amines) is 1. The Labute approximate surface area is 174 Å². The molecule has 0 spiro atoms. The maximum Gasteiger partial charge on any atom is 0.0487 e. The first-order chi connectivity index (χ1) is 14.3. The van der Waals surface area contributed by atoms with Gasteiger partial charge in [-0.3, -0.25) is 4.90 Å². The van der Waals surface area contributed by atoms with E-state index in [4.69, 9.17) is 0 Å². The van der Waals surface area contributed by atoms with Crippen LogP contribution in [0.4, 0.5) is 0 Å². The molecule has 1 aliphatic heterocycles. The number of rotatable bonds is 5. The molecule has 3 fully saturated rings. The summed E-state index contributed by atoms with van der Waals surface area (Å²) in [5.74, 6) is 2.74. The molecule has 2 heteroatoms. The van der Waals surface area contributed by atoms with Crippen molar-refractivity contribution >= 4 is 10.9 Å². The largest absolute Gasteiger partial charge is 0.361 e. The van der Waals surface area contributed by atoms with Gasteiger partial charge in [0.05, 0.1) is 0 Å². The van der Waals surface area contributed by atoms with E-state index in [1.807, 2.05) is 0 Å². The van der Waals surface area contributed by atoms with Crippen LogP contribution in [0.3, 0.4) is 0 Å². The molecule has 29 heavy (non-hydrogen) atoms. The fourth-order valence-corrected chi connectivity index (χ4v) is 5.88. The van der Waals surface area contributed by atoms with Crippen LogP contribution in [0.5, 0.6) is 0 Å². The second kappa shape index (κ2) is 7.02. The van der Waals surface area contributed by atoms with Crippen molar-refractivity contribution in [3.05, 3.63) is 70.9 Å². The number of piperidine rings is 1. The number of hydrogen-bond acceptors (Lipinski definition) is 1. The van der Waals surface area contributed by atoms with Gasteiger partial charge in [-0.1, -0.05) is 36.4 Å². The SMILES string of the molecule is Cc1cc(C2CC2)c(CN2CC[C@@H](C3CC3)C[C@H]2c2ccccc2)c2cc[nH]c12. The number of nitrogens with one attached hydrogen (secondary N) is 1. The molecular weight excluding hydrogens is 352 g/mol. The van der Waals surface area contributed by atoms with Gasteiger partial charge in [0.2, 0.25) is 0 Å². The van der Waals surface area contributed by atoms with Crippen LogP contribution in [0.25, 0.3) is 10.9 Å². The molecule has 0 radical (unpaired) electrons. The Bertz CT molecular complexity index is 1010. The fraction of sp³-hybridized carbons (Fsp3) is 0.481. The third kappa shape index (κ3) is 3.32. The first-order valence-electron chi connectivity index (χ1n) is 11.7. The lowest BCUT2D eigenvalue weighted by Crippen LogP contribution is -2.37.